The number of primary sulfonamides is 1. The lowest BCUT2D eigenvalue weighted by molar-refractivity contribution is 0.597. The summed E-state index contributed by atoms with van der Waals surface area (Å²) in [5, 5.41) is 4.84. The molecular formula is C7H13N3O2S. The van der Waals surface area contributed by atoms with E-state index in [-0.39, 0.29) is 5.75 Å². The van der Waals surface area contributed by atoms with Crippen LogP contribution in [-0.2, 0) is 15.8 Å². The third kappa shape index (κ3) is 6.23. The average Bonchev–Trinajstić information content (AvgIpc) is 2.07. The van der Waals surface area contributed by atoms with Gasteiger partial charge in [0.05, 0.1) is 5.75 Å². The summed E-state index contributed by atoms with van der Waals surface area (Å²) in [6.45, 7) is 0. The van der Waals surface area contributed by atoms with Crippen molar-refractivity contribution in [1.82, 2.24) is 0 Å². The number of sulfonamides is 1. The Morgan fingerprint density at radius 3 is 1.92 bits per heavy atom. The normalized spacial score (nSPS) is 10.1. The van der Waals surface area contributed by atoms with Crippen molar-refractivity contribution in [3.05, 3.63) is 35.9 Å². The molecule has 74 valence electrons. The van der Waals surface area contributed by atoms with Gasteiger partial charge in [-0.3, -0.25) is 11.7 Å². The molecule has 0 aromatic heterocycles. The summed E-state index contributed by atoms with van der Waals surface area (Å²) in [5.74, 6) is 7.91. The first-order valence-electron chi connectivity index (χ1n) is 3.46. The second-order valence-electron chi connectivity index (χ2n) is 2.29. The Bertz CT molecular complexity index is 323. The fourth-order valence-corrected chi connectivity index (χ4v) is 1.46. The minimum Gasteiger partial charge on any atom is -0.274 e. The summed E-state index contributed by atoms with van der Waals surface area (Å²) < 4.78 is 21.2. The molecule has 0 bridgehead atoms. The summed E-state index contributed by atoms with van der Waals surface area (Å²) in [4.78, 5) is 0. The van der Waals surface area contributed by atoms with Crippen LogP contribution in [0, 0.1) is 0 Å². The largest absolute Gasteiger partial charge is 0.274 e. The van der Waals surface area contributed by atoms with E-state index < -0.39 is 10.0 Å². The molecule has 5 nitrogen and oxygen atoms in total. The van der Waals surface area contributed by atoms with Crippen LogP contribution in [0.25, 0.3) is 0 Å². The van der Waals surface area contributed by atoms with Crippen molar-refractivity contribution in [3.8, 4) is 0 Å². The molecule has 0 atom stereocenters. The Kier molecular flexibility index (Phi) is 5.24. The van der Waals surface area contributed by atoms with Crippen LogP contribution in [0.2, 0.25) is 0 Å². The van der Waals surface area contributed by atoms with E-state index in [0.717, 1.165) is 5.56 Å². The summed E-state index contributed by atoms with van der Waals surface area (Å²) >= 11 is 0. The Labute approximate surface area is 77.6 Å². The standard InChI is InChI=1S/C7H9NO2S.H4N2/c8-11(9,10)6-7-4-2-1-3-5-7;1-2/h1-5H,6H2,(H2,8,9,10);1-2H2. The van der Waals surface area contributed by atoms with Crippen LogP contribution >= 0.6 is 0 Å². The van der Waals surface area contributed by atoms with E-state index in [1.807, 2.05) is 6.07 Å². The maximum atomic E-state index is 10.6. The van der Waals surface area contributed by atoms with Crippen LogP contribution in [0.1, 0.15) is 5.56 Å². The molecule has 0 fully saturated rings. The third-order valence-electron chi connectivity index (χ3n) is 1.21. The third-order valence-corrected chi connectivity index (χ3v) is 1.95. The van der Waals surface area contributed by atoms with E-state index >= 15 is 0 Å². The lowest BCUT2D eigenvalue weighted by Crippen LogP contribution is -2.14. The van der Waals surface area contributed by atoms with Gasteiger partial charge in [0.25, 0.3) is 0 Å². The lowest BCUT2D eigenvalue weighted by Gasteiger charge is -1.96. The number of hydrogen-bond donors (Lipinski definition) is 3. The molecule has 13 heavy (non-hydrogen) atoms. The predicted octanol–water partition coefficient (Wildman–Crippen LogP) is -0.706. The summed E-state index contributed by atoms with van der Waals surface area (Å²) in [7, 11) is -3.38. The highest BCUT2D eigenvalue weighted by atomic mass is 32.2. The molecule has 0 saturated heterocycles. The molecule has 1 aromatic rings. The van der Waals surface area contributed by atoms with Gasteiger partial charge in [0.2, 0.25) is 10.0 Å². The lowest BCUT2D eigenvalue weighted by atomic mass is 10.2. The van der Waals surface area contributed by atoms with E-state index in [1.165, 1.54) is 0 Å². The smallest absolute Gasteiger partial charge is 0.213 e. The van der Waals surface area contributed by atoms with Gasteiger partial charge >= 0.3 is 0 Å². The highest BCUT2D eigenvalue weighted by Crippen LogP contribution is 2.01. The van der Waals surface area contributed by atoms with Crippen LogP contribution in [-0.4, -0.2) is 8.42 Å². The first-order valence-corrected chi connectivity index (χ1v) is 5.17. The Morgan fingerprint density at radius 2 is 1.54 bits per heavy atom. The molecule has 1 rings (SSSR count). The molecule has 0 heterocycles. The quantitative estimate of drug-likeness (QED) is 0.435. The fourth-order valence-electron chi connectivity index (χ4n) is 0.807. The van der Waals surface area contributed by atoms with Crippen LogP contribution < -0.4 is 16.8 Å². The predicted molar refractivity (Wildman–Crippen MR) is 51.6 cm³/mol. The van der Waals surface area contributed by atoms with E-state index in [1.54, 1.807) is 24.3 Å². The van der Waals surface area contributed by atoms with Crippen molar-refractivity contribution >= 4 is 10.0 Å². The number of hydrazine groups is 1. The van der Waals surface area contributed by atoms with E-state index in [9.17, 15) is 8.42 Å². The van der Waals surface area contributed by atoms with Crippen LogP contribution in [0.15, 0.2) is 30.3 Å². The Hall–Kier alpha value is -0.950. The molecule has 0 aliphatic rings. The van der Waals surface area contributed by atoms with Gasteiger partial charge in [-0.15, -0.1) is 0 Å². The SMILES string of the molecule is NN.NS(=O)(=O)Cc1ccccc1. The number of rotatable bonds is 2. The number of nitrogens with two attached hydrogens (primary N) is 3. The Balaban J connectivity index is 0.000000671. The summed E-state index contributed by atoms with van der Waals surface area (Å²) in [5.41, 5.74) is 0.718. The van der Waals surface area contributed by atoms with E-state index in [4.69, 9.17) is 5.14 Å². The monoisotopic (exact) mass is 203 g/mol. The molecule has 0 unspecified atom stereocenters. The number of hydrogen-bond acceptors (Lipinski definition) is 4. The highest BCUT2D eigenvalue weighted by molar-refractivity contribution is 7.88. The van der Waals surface area contributed by atoms with Crippen molar-refractivity contribution in [2.75, 3.05) is 0 Å². The first kappa shape index (κ1) is 12.0. The van der Waals surface area contributed by atoms with Crippen LogP contribution in [0.5, 0.6) is 0 Å². The summed E-state index contributed by atoms with van der Waals surface area (Å²) in [6, 6.07) is 8.84. The van der Waals surface area contributed by atoms with Crippen LogP contribution in [0.3, 0.4) is 0 Å². The number of benzene rings is 1. The summed E-state index contributed by atoms with van der Waals surface area (Å²) in [6.07, 6.45) is 0. The van der Waals surface area contributed by atoms with Gasteiger partial charge in [-0.1, -0.05) is 30.3 Å². The van der Waals surface area contributed by atoms with E-state index in [2.05, 4.69) is 11.7 Å². The van der Waals surface area contributed by atoms with Crippen molar-refractivity contribution < 1.29 is 8.42 Å². The first-order chi connectivity index (χ1) is 6.08. The molecule has 0 amide bonds. The van der Waals surface area contributed by atoms with Gasteiger partial charge in [0.1, 0.15) is 0 Å². The van der Waals surface area contributed by atoms with Crippen molar-refractivity contribution in [2.24, 2.45) is 16.8 Å². The zero-order valence-electron chi connectivity index (χ0n) is 7.05. The molecule has 6 N–H and O–H groups in total. The van der Waals surface area contributed by atoms with E-state index in [0.29, 0.717) is 0 Å². The molecule has 0 aliphatic carbocycles. The van der Waals surface area contributed by atoms with Crippen LogP contribution in [0.4, 0.5) is 0 Å². The van der Waals surface area contributed by atoms with Gasteiger partial charge in [0, 0.05) is 0 Å². The van der Waals surface area contributed by atoms with Crippen molar-refractivity contribution in [2.45, 2.75) is 5.75 Å². The second-order valence-corrected chi connectivity index (χ2v) is 3.91. The maximum absolute atomic E-state index is 10.6. The molecule has 0 radical (unpaired) electrons. The van der Waals surface area contributed by atoms with Gasteiger partial charge < -0.3 is 0 Å². The second kappa shape index (κ2) is 5.65. The molecule has 1 aromatic carbocycles. The molecule has 6 heteroatoms. The van der Waals surface area contributed by atoms with Gasteiger partial charge in [-0.2, -0.15) is 0 Å². The molecule has 0 saturated carbocycles. The zero-order chi connectivity index (χ0) is 10.3. The van der Waals surface area contributed by atoms with Gasteiger partial charge in [0.15, 0.2) is 0 Å². The van der Waals surface area contributed by atoms with Gasteiger partial charge in [-0.25, -0.2) is 13.6 Å². The minimum absolute atomic E-state index is 0.0894. The van der Waals surface area contributed by atoms with Gasteiger partial charge in [-0.05, 0) is 5.56 Å². The molecular weight excluding hydrogens is 190 g/mol. The average molecular weight is 203 g/mol. The Morgan fingerprint density at radius 1 is 1.08 bits per heavy atom. The highest BCUT2D eigenvalue weighted by Gasteiger charge is 2.02. The van der Waals surface area contributed by atoms with Crippen molar-refractivity contribution in [3.63, 3.8) is 0 Å². The van der Waals surface area contributed by atoms with Crippen molar-refractivity contribution in [1.29, 1.82) is 0 Å². The molecule has 0 spiro atoms. The fraction of sp³-hybridized carbons (Fsp3) is 0.143. The zero-order valence-corrected chi connectivity index (χ0v) is 7.87. The molecule has 0 aliphatic heterocycles. The topological polar surface area (TPSA) is 112 Å². The minimum atomic E-state index is -3.38. The maximum Gasteiger partial charge on any atom is 0.213 e.